The van der Waals surface area contributed by atoms with Crippen molar-refractivity contribution in [2.45, 2.75) is 46.8 Å². The van der Waals surface area contributed by atoms with Crippen LogP contribution in [0.15, 0.2) is 23.1 Å². The van der Waals surface area contributed by atoms with Crippen LogP contribution in [0.25, 0.3) is 11.6 Å². The number of hydrogen-bond donors (Lipinski definition) is 1. The fraction of sp³-hybridized carbons (Fsp3) is 0.438. The highest BCUT2D eigenvalue weighted by molar-refractivity contribution is 5.67. The second-order valence-electron chi connectivity index (χ2n) is 5.75. The summed E-state index contributed by atoms with van der Waals surface area (Å²) in [5.74, 6) is 0.681. The van der Waals surface area contributed by atoms with Gasteiger partial charge in [0.2, 0.25) is 0 Å². The Bertz CT molecular complexity index is 599. The molecule has 20 heavy (non-hydrogen) atoms. The van der Waals surface area contributed by atoms with Crippen LogP contribution in [0.2, 0.25) is 0 Å². The van der Waals surface area contributed by atoms with Crippen LogP contribution < -0.4 is 16.0 Å². The van der Waals surface area contributed by atoms with Gasteiger partial charge in [0, 0.05) is 5.22 Å². The Labute approximate surface area is 119 Å². The van der Waals surface area contributed by atoms with Gasteiger partial charge in [-0.25, -0.2) is 4.79 Å². The van der Waals surface area contributed by atoms with Crippen LogP contribution in [0, 0.1) is 0 Å². The third-order valence-corrected chi connectivity index (χ3v) is 2.37. The molecule has 1 rings (SSSR count). The van der Waals surface area contributed by atoms with Gasteiger partial charge in [-0.05, 0) is 46.3 Å². The lowest BCUT2D eigenvalue weighted by Crippen LogP contribution is -2.32. The number of carbonyl (C=O) groups is 1. The molecule has 1 aromatic rings. The third kappa shape index (κ3) is 4.96. The van der Waals surface area contributed by atoms with E-state index in [0.717, 1.165) is 16.2 Å². The number of amides is 1. The zero-order chi connectivity index (χ0) is 15.3. The summed E-state index contributed by atoms with van der Waals surface area (Å²) < 4.78 is 10.9. The Morgan fingerprint density at radius 1 is 1.45 bits per heavy atom. The van der Waals surface area contributed by atoms with Crippen molar-refractivity contribution in [1.82, 2.24) is 5.32 Å². The van der Waals surface area contributed by atoms with E-state index in [4.69, 9.17) is 9.15 Å². The molecular formula is C16H23NO3. The monoisotopic (exact) mass is 277 g/mol. The fourth-order valence-electron chi connectivity index (χ4n) is 1.66. The van der Waals surface area contributed by atoms with E-state index >= 15 is 0 Å². The summed E-state index contributed by atoms with van der Waals surface area (Å²) in [5.41, 5.74) is 1.38. The lowest BCUT2D eigenvalue weighted by molar-refractivity contribution is 0.0519. The number of ether oxygens (including phenoxy) is 1. The molecule has 0 atom stereocenters. The lowest BCUT2D eigenvalue weighted by Gasteiger charge is -2.19. The highest BCUT2D eigenvalue weighted by atomic mass is 16.6. The Kier molecular flexibility index (Phi) is 5.19. The molecule has 0 radical (unpaired) electrons. The van der Waals surface area contributed by atoms with E-state index in [1.807, 2.05) is 46.8 Å². The van der Waals surface area contributed by atoms with E-state index in [-0.39, 0.29) is 0 Å². The van der Waals surface area contributed by atoms with Gasteiger partial charge in [-0.15, -0.1) is 0 Å². The molecule has 1 amide bonds. The number of alkyl carbamates (subject to hydrolysis) is 1. The molecule has 4 heteroatoms. The average Bonchev–Trinajstić information content (AvgIpc) is 2.68. The maximum absolute atomic E-state index is 11.6. The predicted molar refractivity (Wildman–Crippen MR) is 80.4 cm³/mol. The van der Waals surface area contributed by atoms with E-state index in [1.54, 1.807) is 6.08 Å². The molecule has 0 aliphatic rings. The van der Waals surface area contributed by atoms with Gasteiger partial charge in [-0.2, -0.15) is 0 Å². The maximum atomic E-state index is 11.6. The van der Waals surface area contributed by atoms with Crippen molar-refractivity contribution >= 4 is 17.7 Å². The minimum atomic E-state index is -0.506. The van der Waals surface area contributed by atoms with Gasteiger partial charge in [-0.3, -0.25) is 0 Å². The van der Waals surface area contributed by atoms with Crippen molar-refractivity contribution in [3.05, 3.63) is 35.1 Å². The van der Waals surface area contributed by atoms with Crippen molar-refractivity contribution in [1.29, 1.82) is 0 Å². The van der Waals surface area contributed by atoms with Crippen molar-refractivity contribution in [2.24, 2.45) is 0 Å². The lowest BCUT2D eigenvalue weighted by atomic mass is 10.2. The van der Waals surface area contributed by atoms with E-state index in [9.17, 15) is 4.79 Å². The molecule has 0 spiro atoms. The Hall–Kier alpha value is -1.97. The Morgan fingerprint density at radius 2 is 2.10 bits per heavy atom. The molecule has 0 unspecified atom stereocenters. The van der Waals surface area contributed by atoms with Crippen LogP contribution >= 0.6 is 0 Å². The highest BCUT2D eigenvalue weighted by Crippen LogP contribution is 2.06. The van der Waals surface area contributed by atoms with Crippen molar-refractivity contribution in [2.75, 3.05) is 0 Å². The first-order valence-corrected chi connectivity index (χ1v) is 6.59. The highest BCUT2D eigenvalue weighted by Gasteiger charge is 2.16. The minimum Gasteiger partial charge on any atom is -0.459 e. The van der Waals surface area contributed by atoms with Crippen LogP contribution in [0.5, 0.6) is 0 Å². The van der Waals surface area contributed by atoms with E-state index in [0.29, 0.717) is 12.3 Å². The number of hydrogen-bond acceptors (Lipinski definition) is 3. The second kappa shape index (κ2) is 6.46. The molecular weight excluding hydrogens is 254 g/mol. The van der Waals surface area contributed by atoms with Crippen LogP contribution in [-0.4, -0.2) is 11.7 Å². The topological polar surface area (TPSA) is 51.5 Å². The van der Waals surface area contributed by atoms with Gasteiger partial charge >= 0.3 is 6.09 Å². The van der Waals surface area contributed by atoms with E-state index in [1.165, 1.54) is 0 Å². The number of allylic oxidation sites excluding steroid dienone is 1. The van der Waals surface area contributed by atoms with Gasteiger partial charge < -0.3 is 14.5 Å². The summed E-state index contributed by atoms with van der Waals surface area (Å²) in [6.45, 7) is 13.4. The molecule has 0 saturated carbocycles. The molecule has 0 saturated heterocycles. The van der Waals surface area contributed by atoms with Crippen LogP contribution in [-0.2, 0) is 11.3 Å². The second-order valence-corrected chi connectivity index (χ2v) is 5.75. The number of carbonyl (C=O) groups excluding carboxylic acids is 1. The quantitative estimate of drug-likeness (QED) is 0.923. The summed E-state index contributed by atoms with van der Waals surface area (Å²) in [4.78, 5) is 11.6. The predicted octanol–water partition coefficient (Wildman–Crippen LogP) is 2.46. The molecule has 0 aliphatic carbocycles. The van der Waals surface area contributed by atoms with Gasteiger partial charge in [0.25, 0.3) is 0 Å². The minimum absolute atomic E-state index is 0.292. The summed E-state index contributed by atoms with van der Waals surface area (Å²) in [5, 5.41) is 3.63. The van der Waals surface area contributed by atoms with Crippen LogP contribution in [0.1, 0.15) is 40.4 Å². The summed E-state index contributed by atoms with van der Waals surface area (Å²) >= 11 is 0. The fourth-order valence-corrected chi connectivity index (χ4v) is 1.66. The van der Waals surface area contributed by atoms with Crippen molar-refractivity contribution in [3.8, 4) is 0 Å². The molecule has 1 N–H and O–H groups in total. The Balaban J connectivity index is 2.84. The summed E-state index contributed by atoms with van der Waals surface area (Å²) in [6, 6.07) is 1.89. The standard InChI is InChI=1S/C16H23NO3/c1-7-8-12-9-13(19-14(12)11(2)3)10-17-15(18)20-16(4,5)6/h7-9H,1,10H2,2-6H3,(H,17,18)/b12-8-. The third-order valence-electron chi connectivity index (χ3n) is 2.37. The van der Waals surface area contributed by atoms with Gasteiger partial charge in [-0.1, -0.05) is 18.7 Å². The molecule has 0 bridgehead atoms. The number of furan rings is 1. The van der Waals surface area contributed by atoms with Gasteiger partial charge in [0.15, 0.2) is 0 Å². The molecule has 0 aromatic carbocycles. The normalized spacial score (nSPS) is 12.2. The SMILES string of the molecule is C=C/C=c1/cc(CNC(=O)OC(C)(C)C)oc1=C(C)C. The summed E-state index contributed by atoms with van der Waals surface area (Å²) in [7, 11) is 0. The van der Waals surface area contributed by atoms with Crippen LogP contribution in [0.3, 0.4) is 0 Å². The molecule has 110 valence electrons. The maximum Gasteiger partial charge on any atom is 0.408 e. The first-order valence-electron chi connectivity index (χ1n) is 6.59. The molecule has 1 heterocycles. The first-order chi connectivity index (χ1) is 9.23. The Morgan fingerprint density at radius 3 is 2.60 bits per heavy atom. The zero-order valence-electron chi connectivity index (χ0n) is 12.9. The molecule has 1 aromatic heterocycles. The van der Waals surface area contributed by atoms with Crippen molar-refractivity contribution in [3.63, 3.8) is 0 Å². The van der Waals surface area contributed by atoms with Gasteiger partial charge in [0.05, 0.1) is 6.54 Å². The smallest absolute Gasteiger partial charge is 0.408 e. The number of nitrogens with one attached hydrogen (secondary N) is 1. The molecule has 0 fully saturated rings. The average molecular weight is 277 g/mol. The van der Waals surface area contributed by atoms with Crippen LogP contribution in [0.4, 0.5) is 4.79 Å². The van der Waals surface area contributed by atoms with E-state index < -0.39 is 11.7 Å². The van der Waals surface area contributed by atoms with Gasteiger partial charge in [0.1, 0.15) is 16.8 Å². The van der Waals surface area contributed by atoms with Crippen molar-refractivity contribution < 1.29 is 13.9 Å². The molecule has 0 aliphatic heterocycles. The first kappa shape index (κ1) is 16.1. The number of rotatable bonds is 3. The molecule has 4 nitrogen and oxygen atoms in total. The zero-order valence-corrected chi connectivity index (χ0v) is 12.9. The van der Waals surface area contributed by atoms with E-state index in [2.05, 4.69) is 11.9 Å². The largest absolute Gasteiger partial charge is 0.459 e. The summed E-state index contributed by atoms with van der Waals surface area (Å²) in [6.07, 6.45) is 3.13.